The molecule has 1 saturated heterocycles. The van der Waals surface area contributed by atoms with Gasteiger partial charge >= 0.3 is 0 Å². The molecule has 43 heavy (non-hydrogen) atoms. The van der Waals surface area contributed by atoms with Crippen molar-refractivity contribution in [3.63, 3.8) is 0 Å². The van der Waals surface area contributed by atoms with E-state index in [1.165, 1.54) is 19.2 Å². The number of rotatable bonds is 8. The zero-order chi connectivity index (χ0) is 30.1. The van der Waals surface area contributed by atoms with E-state index in [0.29, 0.717) is 60.3 Å². The number of aromatic nitrogens is 2. The van der Waals surface area contributed by atoms with Gasteiger partial charge in [0.15, 0.2) is 0 Å². The van der Waals surface area contributed by atoms with E-state index >= 15 is 0 Å². The predicted molar refractivity (Wildman–Crippen MR) is 154 cm³/mol. The zero-order valence-electron chi connectivity index (χ0n) is 23.7. The topological polar surface area (TPSA) is 106 Å². The van der Waals surface area contributed by atoms with Gasteiger partial charge in [-0.25, -0.2) is 18.7 Å². The molecular weight excluding hydrogens is 558 g/mol. The fourth-order valence-corrected chi connectivity index (χ4v) is 5.53. The van der Waals surface area contributed by atoms with E-state index in [9.17, 15) is 18.7 Å². The molecule has 11 heteroatoms. The zero-order valence-corrected chi connectivity index (χ0v) is 23.7. The van der Waals surface area contributed by atoms with Gasteiger partial charge in [-0.2, -0.15) is 0 Å². The van der Waals surface area contributed by atoms with E-state index in [2.05, 4.69) is 15.3 Å². The Morgan fingerprint density at radius 1 is 1.02 bits per heavy atom. The number of methoxy groups -OCH3 is 2. The lowest BCUT2D eigenvalue weighted by Gasteiger charge is -2.32. The maximum Gasteiger partial charge on any atom is 0.258 e. The molecule has 2 aromatic heterocycles. The van der Waals surface area contributed by atoms with Crippen LogP contribution in [0.25, 0.3) is 11.3 Å². The summed E-state index contributed by atoms with van der Waals surface area (Å²) in [5.41, 5.74) is 1.09. The number of carbonyl (C=O) groups excluding carboxylic acids is 1. The summed E-state index contributed by atoms with van der Waals surface area (Å²) in [4.78, 5) is 24.4. The molecule has 0 radical (unpaired) electrons. The predicted octanol–water partition coefficient (Wildman–Crippen LogP) is 5.34. The molecule has 1 amide bonds. The molecule has 0 unspecified atom stereocenters. The number of anilines is 2. The van der Waals surface area contributed by atoms with Crippen LogP contribution in [0.4, 0.5) is 20.3 Å². The summed E-state index contributed by atoms with van der Waals surface area (Å²) in [6, 6.07) is 13.9. The van der Waals surface area contributed by atoms with Crippen LogP contribution in [0, 0.1) is 11.6 Å². The van der Waals surface area contributed by atoms with Crippen molar-refractivity contribution < 1.29 is 32.9 Å². The van der Waals surface area contributed by atoms with Crippen LogP contribution in [0.15, 0.2) is 60.8 Å². The van der Waals surface area contributed by atoms with Crippen molar-refractivity contribution in [3.05, 3.63) is 94.8 Å². The Morgan fingerprint density at radius 3 is 2.47 bits per heavy atom. The number of aliphatic hydroxyl groups is 1. The second kappa shape index (κ2) is 11.6. The molecule has 2 N–H and O–H groups in total. The molecule has 9 nitrogen and oxygen atoms in total. The number of pyridine rings is 2. The lowest BCUT2D eigenvalue weighted by atomic mass is 9.87. The van der Waals surface area contributed by atoms with Gasteiger partial charge in [0.1, 0.15) is 29.0 Å². The molecule has 2 aromatic carbocycles. The third-order valence-electron chi connectivity index (χ3n) is 7.89. The first kappa shape index (κ1) is 28.5. The van der Waals surface area contributed by atoms with Crippen LogP contribution in [0.2, 0.25) is 0 Å². The van der Waals surface area contributed by atoms with Gasteiger partial charge in [0.05, 0.1) is 61.1 Å². The molecule has 2 aliphatic rings. The van der Waals surface area contributed by atoms with Gasteiger partial charge in [-0.3, -0.25) is 4.79 Å². The summed E-state index contributed by atoms with van der Waals surface area (Å²) < 4.78 is 45.9. The van der Waals surface area contributed by atoms with Crippen molar-refractivity contribution in [1.29, 1.82) is 0 Å². The standard InChI is InChI=1S/C32H30F2N4O5/c1-41-21-8-6-19(27(14-21)42-2)17-38-18-26-30(31(38)39)25(15-24(36-26)29-22(33)4-3-5-23(29)34)37-28-9-7-20(16-35-28)32(40)10-12-43-13-11-32/h3-9,14-16,40H,10-13,17-18H2,1-2H3,(H,35,36,37). The Morgan fingerprint density at radius 2 is 1.79 bits per heavy atom. The molecule has 1 fully saturated rings. The minimum atomic E-state index is -1.03. The Bertz CT molecular complexity index is 1660. The number of hydrogen-bond acceptors (Lipinski definition) is 8. The van der Waals surface area contributed by atoms with Crippen LogP contribution < -0.4 is 14.8 Å². The molecule has 0 atom stereocenters. The first-order chi connectivity index (χ1) is 20.8. The Hall–Kier alpha value is -4.61. The average molecular weight is 589 g/mol. The fourth-order valence-electron chi connectivity index (χ4n) is 5.53. The molecular formula is C32H30F2N4O5. The van der Waals surface area contributed by atoms with Crippen LogP contribution in [0.5, 0.6) is 11.5 Å². The molecule has 222 valence electrons. The van der Waals surface area contributed by atoms with E-state index in [-0.39, 0.29) is 35.8 Å². The maximum atomic E-state index is 14.8. The smallest absolute Gasteiger partial charge is 0.258 e. The summed E-state index contributed by atoms with van der Waals surface area (Å²) in [6.07, 6.45) is 2.50. The van der Waals surface area contributed by atoms with Crippen molar-refractivity contribution in [2.24, 2.45) is 0 Å². The summed E-state index contributed by atoms with van der Waals surface area (Å²) in [7, 11) is 3.09. The summed E-state index contributed by atoms with van der Waals surface area (Å²) in [5, 5.41) is 14.2. The highest BCUT2D eigenvalue weighted by atomic mass is 19.1. The van der Waals surface area contributed by atoms with Gasteiger partial charge in [-0.15, -0.1) is 0 Å². The molecule has 0 saturated carbocycles. The van der Waals surface area contributed by atoms with E-state index in [4.69, 9.17) is 14.2 Å². The number of ether oxygens (including phenoxy) is 3. The first-order valence-corrected chi connectivity index (χ1v) is 13.8. The van der Waals surface area contributed by atoms with E-state index in [0.717, 1.165) is 17.7 Å². The number of nitrogens with zero attached hydrogens (tertiary/aromatic N) is 3. The highest BCUT2D eigenvalue weighted by molar-refractivity contribution is 6.04. The van der Waals surface area contributed by atoms with Crippen LogP contribution in [0.3, 0.4) is 0 Å². The highest BCUT2D eigenvalue weighted by Crippen LogP contribution is 2.37. The van der Waals surface area contributed by atoms with Gasteiger partial charge in [-0.1, -0.05) is 12.1 Å². The van der Waals surface area contributed by atoms with Crippen LogP contribution in [-0.4, -0.2) is 53.3 Å². The Balaban J connectivity index is 1.36. The average Bonchev–Trinajstić information content (AvgIpc) is 3.32. The summed E-state index contributed by atoms with van der Waals surface area (Å²) in [5.74, 6) is -0.292. The number of hydrogen-bond donors (Lipinski definition) is 2. The summed E-state index contributed by atoms with van der Waals surface area (Å²) >= 11 is 0. The molecule has 6 rings (SSSR count). The second-order valence-electron chi connectivity index (χ2n) is 10.5. The minimum absolute atomic E-state index is 0.0432. The quantitative estimate of drug-likeness (QED) is 0.284. The third kappa shape index (κ3) is 5.49. The van der Waals surface area contributed by atoms with Crippen LogP contribution in [-0.2, 0) is 23.4 Å². The third-order valence-corrected chi connectivity index (χ3v) is 7.89. The second-order valence-corrected chi connectivity index (χ2v) is 10.5. The molecule has 4 aromatic rings. The normalized spacial score (nSPS) is 15.7. The molecule has 0 bridgehead atoms. The van der Waals surface area contributed by atoms with E-state index in [1.807, 2.05) is 6.07 Å². The van der Waals surface area contributed by atoms with E-state index in [1.54, 1.807) is 42.5 Å². The maximum absolute atomic E-state index is 14.8. The highest BCUT2D eigenvalue weighted by Gasteiger charge is 2.34. The number of fused-ring (bicyclic) bond motifs is 1. The molecule has 4 heterocycles. The number of benzene rings is 2. The van der Waals surface area contributed by atoms with Gasteiger partial charge in [0, 0.05) is 49.4 Å². The number of nitrogens with one attached hydrogen (secondary N) is 1. The van der Waals surface area contributed by atoms with Crippen molar-refractivity contribution in [2.75, 3.05) is 32.8 Å². The van der Waals surface area contributed by atoms with Crippen molar-refractivity contribution >= 4 is 17.4 Å². The van der Waals surface area contributed by atoms with Gasteiger partial charge in [-0.05, 0) is 36.4 Å². The fraction of sp³-hybridized carbons (Fsp3) is 0.281. The van der Waals surface area contributed by atoms with Crippen molar-refractivity contribution in [1.82, 2.24) is 14.9 Å². The lowest BCUT2D eigenvalue weighted by molar-refractivity contribution is -0.0680. The lowest BCUT2D eigenvalue weighted by Crippen LogP contribution is -2.33. The SMILES string of the molecule is COc1ccc(CN2Cc3nc(-c4c(F)cccc4F)cc(Nc4ccc(C5(O)CCOCC5)cn4)c3C2=O)c(OC)c1. The largest absolute Gasteiger partial charge is 0.497 e. The molecule has 2 aliphatic heterocycles. The van der Waals surface area contributed by atoms with Crippen molar-refractivity contribution in [2.45, 2.75) is 31.5 Å². The Labute approximate surface area is 247 Å². The number of carbonyl (C=O) groups is 1. The van der Waals surface area contributed by atoms with Crippen LogP contribution >= 0.6 is 0 Å². The molecule has 0 spiro atoms. The first-order valence-electron chi connectivity index (χ1n) is 13.8. The van der Waals surface area contributed by atoms with Gasteiger partial charge in [0.25, 0.3) is 5.91 Å². The van der Waals surface area contributed by atoms with Gasteiger partial charge in [0.2, 0.25) is 0 Å². The minimum Gasteiger partial charge on any atom is -0.497 e. The monoisotopic (exact) mass is 588 g/mol. The number of halogens is 2. The summed E-state index contributed by atoms with van der Waals surface area (Å²) in [6.45, 7) is 1.23. The number of amides is 1. The Kier molecular flexibility index (Phi) is 7.68. The molecule has 0 aliphatic carbocycles. The van der Waals surface area contributed by atoms with Gasteiger partial charge < -0.3 is 29.5 Å². The van der Waals surface area contributed by atoms with Crippen LogP contribution in [0.1, 0.15) is 40.0 Å². The van der Waals surface area contributed by atoms with Crippen molar-refractivity contribution in [3.8, 4) is 22.8 Å². The van der Waals surface area contributed by atoms with E-state index < -0.39 is 17.2 Å².